The fourth-order valence-corrected chi connectivity index (χ4v) is 3.83. The number of anilines is 2. The van der Waals surface area contributed by atoms with Crippen LogP contribution in [0.5, 0.6) is 0 Å². The second kappa shape index (κ2) is 10.2. The highest BCUT2D eigenvalue weighted by molar-refractivity contribution is 8.00. The first-order valence-corrected chi connectivity index (χ1v) is 10.8. The molecular weight excluding hydrogens is 425 g/mol. The maximum absolute atomic E-state index is 12.9. The van der Waals surface area contributed by atoms with Crippen molar-refractivity contribution < 1.29 is 22.8 Å². The summed E-state index contributed by atoms with van der Waals surface area (Å²) in [6.07, 6.45) is -3.62. The smallest absolute Gasteiger partial charge is 0.326 e. The minimum Gasteiger partial charge on any atom is -0.326 e. The van der Waals surface area contributed by atoms with Gasteiger partial charge in [0.1, 0.15) is 0 Å². The second-order valence-corrected chi connectivity index (χ2v) is 9.67. The zero-order valence-corrected chi connectivity index (χ0v) is 18.8. The monoisotopic (exact) mass is 452 g/mol. The lowest BCUT2D eigenvalue weighted by molar-refractivity contribution is -0.137. The van der Waals surface area contributed by atoms with Gasteiger partial charge in [0.05, 0.1) is 10.8 Å². The van der Waals surface area contributed by atoms with Crippen LogP contribution < -0.4 is 10.6 Å². The average Bonchev–Trinajstić information content (AvgIpc) is 2.64. The maximum atomic E-state index is 12.9. The number of alkyl halides is 3. The van der Waals surface area contributed by atoms with Crippen LogP contribution in [0.2, 0.25) is 0 Å². The van der Waals surface area contributed by atoms with Crippen molar-refractivity contribution in [3.63, 3.8) is 0 Å². The molecule has 0 aliphatic carbocycles. The number of rotatable bonds is 7. The molecular formula is C23H27F3N2O2S. The summed E-state index contributed by atoms with van der Waals surface area (Å²) in [7, 11) is 0. The predicted octanol–water partition coefficient (Wildman–Crippen LogP) is 6.59. The van der Waals surface area contributed by atoms with E-state index in [1.54, 1.807) is 18.2 Å². The number of thioether (sulfide) groups is 1. The summed E-state index contributed by atoms with van der Waals surface area (Å²) >= 11 is 1.29. The highest BCUT2D eigenvalue weighted by Crippen LogP contribution is 2.32. The largest absolute Gasteiger partial charge is 0.416 e. The Kier molecular flexibility index (Phi) is 8.17. The first-order chi connectivity index (χ1) is 14.4. The topological polar surface area (TPSA) is 58.2 Å². The van der Waals surface area contributed by atoms with Gasteiger partial charge in [0.15, 0.2) is 0 Å². The Morgan fingerprint density at radius 2 is 1.58 bits per heavy atom. The van der Waals surface area contributed by atoms with E-state index in [-0.39, 0.29) is 22.9 Å². The standard InChI is InChI=1S/C23H27F3N2O2S/c1-5-19(21(30)28-16-9-6-8-15(12-16)23(24,25)26)31-18-11-7-10-17(13-18)27-20(29)14-22(2,3)4/h6-13,19H,5,14H2,1-4H3,(H,27,29)(H,28,30). The summed E-state index contributed by atoms with van der Waals surface area (Å²) in [5, 5.41) is 4.92. The van der Waals surface area contributed by atoms with Crippen molar-refractivity contribution in [1.82, 2.24) is 0 Å². The molecule has 1 atom stereocenters. The third-order valence-corrected chi connectivity index (χ3v) is 5.57. The van der Waals surface area contributed by atoms with E-state index in [1.165, 1.54) is 23.9 Å². The van der Waals surface area contributed by atoms with Crippen molar-refractivity contribution >= 4 is 35.0 Å². The van der Waals surface area contributed by atoms with E-state index in [0.29, 0.717) is 18.5 Å². The predicted molar refractivity (Wildman–Crippen MR) is 119 cm³/mol. The Hall–Kier alpha value is -2.48. The van der Waals surface area contributed by atoms with Crippen LogP contribution in [0.25, 0.3) is 0 Å². The Balaban J connectivity index is 2.06. The molecule has 0 saturated heterocycles. The van der Waals surface area contributed by atoms with Gasteiger partial charge in [0.2, 0.25) is 11.8 Å². The van der Waals surface area contributed by atoms with Gasteiger partial charge in [-0.2, -0.15) is 13.2 Å². The van der Waals surface area contributed by atoms with E-state index in [4.69, 9.17) is 0 Å². The fourth-order valence-electron chi connectivity index (χ4n) is 2.82. The number of carbonyl (C=O) groups excluding carboxylic acids is 2. The molecule has 8 heteroatoms. The van der Waals surface area contributed by atoms with E-state index < -0.39 is 17.0 Å². The van der Waals surface area contributed by atoms with E-state index in [2.05, 4.69) is 10.6 Å². The molecule has 0 fully saturated rings. The highest BCUT2D eigenvalue weighted by Gasteiger charge is 2.30. The minimum atomic E-state index is -4.47. The lowest BCUT2D eigenvalue weighted by atomic mass is 9.92. The molecule has 4 nitrogen and oxygen atoms in total. The fraction of sp³-hybridized carbons (Fsp3) is 0.391. The van der Waals surface area contributed by atoms with Gasteiger partial charge in [-0.25, -0.2) is 0 Å². The average molecular weight is 453 g/mol. The number of amides is 2. The van der Waals surface area contributed by atoms with Crippen LogP contribution >= 0.6 is 11.8 Å². The van der Waals surface area contributed by atoms with Gasteiger partial charge in [-0.3, -0.25) is 9.59 Å². The van der Waals surface area contributed by atoms with Crippen molar-refractivity contribution in [2.45, 2.75) is 56.9 Å². The zero-order chi connectivity index (χ0) is 23.2. The summed E-state index contributed by atoms with van der Waals surface area (Å²) < 4.78 is 38.7. The molecule has 2 aromatic rings. The molecule has 168 valence electrons. The number of hydrogen-bond acceptors (Lipinski definition) is 3. The molecule has 2 aromatic carbocycles. The number of nitrogens with one attached hydrogen (secondary N) is 2. The summed E-state index contributed by atoms with van der Waals surface area (Å²) in [6, 6.07) is 11.7. The normalized spacial score (nSPS) is 12.9. The van der Waals surface area contributed by atoms with Crippen LogP contribution in [0, 0.1) is 5.41 Å². The van der Waals surface area contributed by atoms with E-state index in [1.807, 2.05) is 33.8 Å². The summed E-state index contributed by atoms with van der Waals surface area (Å²) in [5.74, 6) is -0.474. The maximum Gasteiger partial charge on any atom is 0.416 e. The van der Waals surface area contributed by atoms with Crippen LogP contribution in [-0.4, -0.2) is 17.1 Å². The number of hydrogen-bond donors (Lipinski definition) is 2. The van der Waals surface area contributed by atoms with Crippen LogP contribution in [0.3, 0.4) is 0 Å². The Morgan fingerprint density at radius 3 is 2.16 bits per heavy atom. The number of halogens is 3. The zero-order valence-electron chi connectivity index (χ0n) is 18.0. The summed E-state index contributed by atoms with van der Waals surface area (Å²) in [5.41, 5.74) is -0.218. The SMILES string of the molecule is CCC(Sc1cccc(NC(=O)CC(C)(C)C)c1)C(=O)Nc1cccc(C(F)(F)F)c1. The van der Waals surface area contributed by atoms with Gasteiger partial charge in [-0.15, -0.1) is 11.8 Å². The first-order valence-electron chi connectivity index (χ1n) is 9.92. The van der Waals surface area contributed by atoms with E-state index >= 15 is 0 Å². The molecule has 1 unspecified atom stereocenters. The highest BCUT2D eigenvalue weighted by atomic mass is 32.2. The Bertz CT molecular complexity index is 924. The lowest BCUT2D eigenvalue weighted by Crippen LogP contribution is -2.24. The molecule has 0 aliphatic rings. The molecule has 0 radical (unpaired) electrons. The number of carbonyl (C=O) groups is 2. The van der Waals surface area contributed by atoms with Gasteiger partial charge in [0, 0.05) is 22.7 Å². The van der Waals surface area contributed by atoms with Crippen molar-refractivity contribution in [2.24, 2.45) is 5.41 Å². The van der Waals surface area contributed by atoms with Crippen molar-refractivity contribution in [2.75, 3.05) is 10.6 Å². The van der Waals surface area contributed by atoms with Crippen LogP contribution in [0.1, 0.15) is 46.1 Å². The van der Waals surface area contributed by atoms with Gasteiger partial charge in [-0.05, 0) is 48.2 Å². The molecule has 0 aromatic heterocycles. The Labute approximate surface area is 185 Å². The van der Waals surface area contributed by atoms with Gasteiger partial charge in [-0.1, -0.05) is 39.8 Å². The molecule has 0 heterocycles. The summed E-state index contributed by atoms with van der Waals surface area (Å²) in [6.45, 7) is 7.77. The van der Waals surface area contributed by atoms with E-state index in [0.717, 1.165) is 17.0 Å². The summed E-state index contributed by atoms with van der Waals surface area (Å²) in [4.78, 5) is 25.6. The van der Waals surface area contributed by atoms with Crippen LogP contribution in [0.15, 0.2) is 53.4 Å². The Morgan fingerprint density at radius 1 is 0.968 bits per heavy atom. The van der Waals surface area contributed by atoms with E-state index in [9.17, 15) is 22.8 Å². The molecule has 2 rings (SSSR count). The second-order valence-electron chi connectivity index (χ2n) is 8.40. The molecule has 0 aliphatic heterocycles. The molecule has 0 bridgehead atoms. The quantitative estimate of drug-likeness (QED) is 0.466. The number of benzene rings is 2. The van der Waals surface area contributed by atoms with Gasteiger partial charge >= 0.3 is 6.18 Å². The molecule has 2 N–H and O–H groups in total. The van der Waals surface area contributed by atoms with Crippen LogP contribution in [-0.2, 0) is 15.8 Å². The molecule has 2 amide bonds. The molecule has 0 saturated carbocycles. The molecule has 0 spiro atoms. The van der Waals surface area contributed by atoms with Gasteiger partial charge in [0.25, 0.3) is 0 Å². The van der Waals surface area contributed by atoms with Crippen LogP contribution in [0.4, 0.5) is 24.5 Å². The minimum absolute atomic E-state index is 0.0935. The van der Waals surface area contributed by atoms with Crippen molar-refractivity contribution in [3.8, 4) is 0 Å². The third-order valence-electron chi connectivity index (χ3n) is 4.21. The third kappa shape index (κ3) is 8.28. The van der Waals surface area contributed by atoms with Crippen molar-refractivity contribution in [1.29, 1.82) is 0 Å². The van der Waals surface area contributed by atoms with Crippen molar-refractivity contribution in [3.05, 3.63) is 54.1 Å². The first kappa shape index (κ1) is 24.8. The van der Waals surface area contributed by atoms with Gasteiger partial charge < -0.3 is 10.6 Å². The lowest BCUT2D eigenvalue weighted by Gasteiger charge is -2.18. The molecule has 31 heavy (non-hydrogen) atoms.